The molecule has 6 nitrogen and oxygen atoms in total. The van der Waals surface area contributed by atoms with Gasteiger partial charge in [-0.1, -0.05) is 0 Å². The molecule has 2 unspecified atom stereocenters. The highest BCUT2D eigenvalue weighted by molar-refractivity contribution is 7.89. The number of hydrogen-bond donors (Lipinski definition) is 1. The molecule has 2 N–H and O–H groups in total. The first-order valence-electron chi connectivity index (χ1n) is 5.85. The Hall–Kier alpha value is -0.890. The molecule has 2 heterocycles. The molecule has 18 heavy (non-hydrogen) atoms. The number of likely N-dealkylation sites (N-methyl/N-ethyl adjacent to an activating group) is 1. The molecule has 0 radical (unpaired) electrons. The van der Waals surface area contributed by atoms with Gasteiger partial charge in [0.15, 0.2) is 0 Å². The summed E-state index contributed by atoms with van der Waals surface area (Å²) in [7, 11) is -2.06. The second kappa shape index (κ2) is 5.00. The summed E-state index contributed by atoms with van der Waals surface area (Å²) in [6, 6.07) is 2.87. The van der Waals surface area contributed by atoms with Gasteiger partial charge in [0.2, 0.25) is 5.09 Å². The minimum absolute atomic E-state index is 0.0652. The Balaban J connectivity index is 2.24. The summed E-state index contributed by atoms with van der Waals surface area (Å²) in [6.45, 7) is 2.64. The second-order valence-electron chi connectivity index (χ2n) is 4.38. The third-order valence-electron chi connectivity index (χ3n) is 3.27. The molecule has 1 fully saturated rings. The van der Waals surface area contributed by atoms with Crippen LogP contribution in [0.5, 0.6) is 0 Å². The number of sulfonamides is 1. The molecule has 0 aromatic carbocycles. The topological polar surface area (TPSA) is 85.8 Å². The highest BCUT2D eigenvalue weighted by Gasteiger charge is 2.36. The Morgan fingerprint density at radius 1 is 1.50 bits per heavy atom. The smallest absolute Gasteiger partial charge is 0.276 e. The average molecular weight is 274 g/mol. The zero-order chi connectivity index (χ0) is 13.3. The van der Waals surface area contributed by atoms with E-state index in [-0.39, 0.29) is 23.8 Å². The summed E-state index contributed by atoms with van der Waals surface area (Å²) < 4.78 is 36.6. The Bertz CT molecular complexity index is 511. The van der Waals surface area contributed by atoms with Gasteiger partial charge in [-0.05, 0) is 25.5 Å². The number of rotatable bonds is 4. The molecule has 0 aliphatic carbocycles. The molecule has 1 aromatic heterocycles. The lowest BCUT2D eigenvalue weighted by Gasteiger charge is -2.24. The van der Waals surface area contributed by atoms with Gasteiger partial charge in [0, 0.05) is 13.7 Å². The van der Waals surface area contributed by atoms with Gasteiger partial charge in [-0.2, -0.15) is 4.31 Å². The molecule has 0 saturated carbocycles. The predicted octanol–water partition coefficient (Wildman–Crippen LogP) is 0.536. The molecule has 0 bridgehead atoms. The van der Waals surface area contributed by atoms with E-state index in [1.165, 1.54) is 10.4 Å². The van der Waals surface area contributed by atoms with E-state index in [9.17, 15) is 8.42 Å². The van der Waals surface area contributed by atoms with Crippen LogP contribution in [0.1, 0.15) is 19.1 Å². The van der Waals surface area contributed by atoms with Gasteiger partial charge in [0.25, 0.3) is 10.0 Å². The number of furan rings is 1. The number of nitrogens with two attached hydrogens (primary N) is 1. The van der Waals surface area contributed by atoms with Crippen LogP contribution in [0.2, 0.25) is 0 Å². The zero-order valence-electron chi connectivity index (χ0n) is 10.5. The molecule has 1 saturated heterocycles. The Morgan fingerprint density at radius 3 is 2.72 bits per heavy atom. The van der Waals surface area contributed by atoms with Crippen LogP contribution in [-0.4, -0.2) is 38.5 Å². The van der Waals surface area contributed by atoms with E-state index in [2.05, 4.69) is 0 Å². The standard InChI is InChI=1S/C11H18N2O4S/c1-8-10(5-6-16-8)13(2)18(14,15)11-4-3-9(7-12)17-11/h3-4,8,10H,5-7,12H2,1-2H3. The number of nitrogens with zero attached hydrogens (tertiary/aromatic N) is 1. The molecule has 2 atom stereocenters. The van der Waals surface area contributed by atoms with E-state index in [0.717, 1.165) is 0 Å². The van der Waals surface area contributed by atoms with Gasteiger partial charge >= 0.3 is 0 Å². The van der Waals surface area contributed by atoms with E-state index in [1.807, 2.05) is 6.92 Å². The maximum absolute atomic E-state index is 12.3. The molecule has 102 valence electrons. The van der Waals surface area contributed by atoms with Crippen molar-refractivity contribution in [3.63, 3.8) is 0 Å². The van der Waals surface area contributed by atoms with E-state index in [1.54, 1.807) is 13.1 Å². The van der Waals surface area contributed by atoms with Crippen LogP contribution in [0.4, 0.5) is 0 Å². The zero-order valence-corrected chi connectivity index (χ0v) is 11.3. The fourth-order valence-electron chi connectivity index (χ4n) is 2.12. The second-order valence-corrected chi connectivity index (χ2v) is 6.31. The minimum Gasteiger partial charge on any atom is -0.447 e. The molecule has 1 aliphatic rings. The Kier molecular flexibility index (Phi) is 3.76. The van der Waals surface area contributed by atoms with Crippen LogP contribution in [0.25, 0.3) is 0 Å². The van der Waals surface area contributed by atoms with Crippen LogP contribution in [0, 0.1) is 0 Å². The van der Waals surface area contributed by atoms with Crippen LogP contribution in [0.3, 0.4) is 0 Å². The molecule has 0 amide bonds. The maximum Gasteiger partial charge on any atom is 0.276 e. The van der Waals surface area contributed by atoms with Crippen molar-refractivity contribution < 1.29 is 17.6 Å². The first-order chi connectivity index (χ1) is 8.46. The third-order valence-corrected chi connectivity index (χ3v) is 5.03. The van der Waals surface area contributed by atoms with Crippen molar-refractivity contribution in [1.29, 1.82) is 0 Å². The highest BCUT2D eigenvalue weighted by Crippen LogP contribution is 2.25. The van der Waals surface area contributed by atoms with Crippen LogP contribution in [-0.2, 0) is 21.3 Å². The first kappa shape index (κ1) is 13.5. The van der Waals surface area contributed by atoms with Gasteiger partial charge in [-0.3, -0.25) is 0 Å². The lowest BCUT2D eigenvalue weighted by atomic mass is 10.2. The minimum atomic E-state index is -3.61. The van der Waals surface area contributed by atoms with Crippen LogP contribution in [0.15, 0.2) is 21.6 Å². The summed E-state index contributed by atoms with van der Waals surface area (Å²) in [5, 5.41) is -0.0652. The van der Waals surface area contributed by atoms with Crippen molar-refractivity contribution in [2.24, 2.45) is 5.73 Å². The van der Waals surface area contributed by atoms with E-state index >= 15 is 0 Å². The van der Waals surface area contributed by atoms with Crippen LogP contribution >= 0.6 is 0 Å². The van der Waals surface area contributed by atoms with Gasteiger partial charge in [-0.15, -0.1) is 0 Å². The fraction of sp³-hybridized carbons (Fsp3) is 0.636. The lowest BCUT2D eigenvalue weighted by Crippen LogP contribution is -2.40. The van der Waals surface area contributed by atoms with Gasteiger partial charge in [-0.25, -0.2) is 8.42 Å². The molecular formula is C11H18N2O4S. The van der Waals surface area contributed by atoms with Crippen molar-refractivity contribution in [3.05, 3.63) is 17.9 Å². The fourth-order valence-corrected chi connectivity index (χ4v) is 3.49. The van der Waals surface area contributed by atoms with Crippen molar-refractivity contribution >= 4 is 10.0 Å². The third kappa shape index (κ3) is 2.31. The highest BCUT2D eigenvalue weighted by atomic mass is 32.2. The summed E-state index contributed by atoms with van der Waals surface area (Å²) >= 11 is 0. The van der Waals surface area contributed by atoms with E-state index in [4.69, 9.17) is 14.9 Å². The molecule has 2 rings (SSSR count). The molecular weight excluding hydrogens is 256 g/mol. The van der Waals surface area contributed by atoms with E-state index < -0.39 is 10.0 Å². The van der Waals surface area contributed by atoms with E-state index in [0.29, 0.717) is 18.8 Å². The SMILES string of the molecule is CC1OCCC1N(C)S(=O)(=O)c1ccc(CN)o1. The Morgan fingerprint density at radius 2 is 2.22 bits per heavy atom. The van der Waals surface area contributed by atoms with Crippen molar-refractivity contribution in [1.82, 2.24) is 4.31 Å². The molecule has 1 aromatic rings. The van der Waals surface area contributed by atoms with Crippen LogP contribution < -0.4 is 5.73 Å². The van der Waals surface area contributed by atoms with Crippen molar-refractivity contribution in [2.75, 3.05) is 13.7 Å². The molecule has 7 heteroatoms. The van der Waals surface area contributed by atoms with Gasteiger partial charge in [0.05, 0.1) is 18.7 Å². The Labute approximate surface area is 107 Å². The normalized spacial score (nSPS) is 24.9. The lowest BCUT2D eigenvalue weighted by molar-refractivity contribution is 0.102. The predicted molar refractivity (Wildman–Crippen MR) is 65.4 cm³/mol. The number of hydrogen-bond acceptors (Lipinski definition) is 5. The first-order valence-corrected chi connectivity index (χ1v) is 7.29. The summed E-state index contributed by atoms with van der Waals surface area (Å²) in [4.78, 5) is 0. The molecule has 1 aliphatic heterocycles. The van der Waals surface area contributed by atoms with Crippen molar-refractivity contribution in [3.8, 4) is 0 Å². The maximum atomic E-state index is 12.3. The quantitative estimate of drug-likeness (QED) is 0.866. The van der Waals surface area contributed by atoms with Crippen molar-refractivity contribution in [2.45, 2.75) is 37.1 Å². The van der Waals surface area contributed by atoms with Gasteiger partial charge in [0.1, 0.15) is 5.76 Å². The largest absolute Gasteiger partial charge is 0.447 e. The van der Waals surface area contributed by atoms with Gasteiger partial charge < -0.3 is 14.9 Å². The summed E-state index contributed by atoms with van der Waals surface area (Å²) in [5.41, 5.74) is 5.40. The number of ether oxygens (including phenoxy) is 1. The summed E-state index contributed by atoms with van der Waals surface area (Å²) in [5.74, 6) is 0.456. The average Bonchev–Trinajstić information content (AvgIpc) is 2.96. The monoisotopic (exact) mass is 274 g/mol. The molecule has 0 spiro atoms. The summed E-state index contributed by atoms with van der Waals surface area (Å²) in [6.07, 6.45) is 0.593.